The molecular formula is C15H22N2O2S2. The van der Waals surface area contributed by atoms with Crippen molar-refractivity contribution in [3.63, 3.8) is 0 Å². The zero-order valence-electron chi connectivity index (χ0n) is 12.7. The summed E-state index contributed by atoms with van der Waals surface area (Å²) < 4.78 is 0. The molecule has 0 aromatic carbocycles. The first-order valence-corrected chi connectivity index (χ1v) is 9.23. The molecule has 6 heteroatoms. The lowest BCUT2D eigenvalue weighted by atomic mass is 10.1. The van der Waals surface area contributed by atoms with Gasteiger partial charge in [0.1, 0.15) is 6.04 Å². The van der Waals surface area contributed by atoms with E-state index in [0.717, 1.165) is 11.3 Å². The van der Waals surface area contributed by atoms with Crippen LogP contribution in [0.25, 0.3) is 0 Å². The van der Waals surface area contributed by atoms with E-state index in [9.17, 15) is 9.59 Å². The van der Waals surface area contributed by atoms with E-state index in [1.807, 2.05) is 38.4 Å². The van der Waals surface area contributed by atoms with Crippen molar-refractivity contribution in [3.8, 4) is 0 Å². The summed E-state index contributed by atoms with van der Waals surface area (Å²) in [6, 6.07) is 3.71. The Hall–Kier alpha value is -1.01. The fourth-order valence-electron chi connectivity index (χ4n) is 2.29. The predicted octanol–water partition coefficient (Wildman–Crippen LogP) is 2.65. The highest BCUT2D eigenvalue weighted by molar-refractivity contribution is 7.99. The second-order valence-electron chi connectivity index (χ2n) is 5.41. The monoisotopic (exact) mass is 326 g/mol. The fourth-order valence-corrected chi connectivity index (χ4v) is 4.20. The van der Waals surface area contributed by atoms with E-state index in [1.165, 1.54) is 0 Å². The molecule has 1 saturated heterocycles. The maximum absolute atomic E-state index is 12.6. The van der Waals surface area contributed by atoms with Crippen molar-refractivity contribution < 1.29 is 9.59 Å². The molecule has 0 bridgehead atoms. The SMILES string of the molecule is CC[C@@H](C)C(=O)N1CSC[C@H]1C(=O)N(C)Cc1cccs1. The molecule has 1 aromatic heterocycles. The van der Waals surface area contributed by atoms with E-state index in [2.05, 4.69) is 0 Å². The molecular weight excluding hydrogens is 304 g/mol. The van der Waals surface area contributed by atoms with E-state index in [1.54, 1.807) is 32.9 Å². The van der Waals surface area contributed by atoms with Gasteiger partial charge in [0, 0.05) is 23.6 Å². The van der Waals surface area contributed by atoms with Gasteiger partial charge in [0.15, 0.2) is 0 Å². The van der Waals surface area contributed by atoms with Crippen LogP contribution < -0.4 is 0 Å². The second-order valence-corrected chi connectivity index (χ2v) is 7.44. The Morgan fingerprint density at radius 3 is 2.90 bits per heavy atom. The van der Waals surface area contributed by atoms with Crippen LogP contribution in [-0.4, -0.2) is 46.3 Å². The average molecular weight is 326 g/mol. The minimum atomic E-state index is -0.304. The second kappa shape index (κ2) is 7.31. The van der Waals surface area contributed by atoms with E-state index in [4.69, 9.17) is 0 Å². The summed E-state index contributed by atoms with van der Waals surface area (Å²) in [4.78, 5) is 29.7. The van der Waals surface area contributed by atoms with Crippen molar-refractivity contribution >= 4 is 34.9 Å². The van der Waals surface area contributed by atoms with E-state index < -0.39 is 0 Å². The number of hydrogen-bond donors (Lipinski definition) is 0. The Kier molecular flexibility index (Phi) is 5.70. The maximum atomic E-state index is 12.6. The molecule has 2 atom stereocenters. The third-order valence-corrected chi connectivity index (χ3v) is 5.71. The minimum Gasteiger partial charge on any atom is -0.339 e. The molecule has 1 fully saturated rings. The number of amides is 2. The molecule has 0 saturated carbocycles. The Morgan fingerprint density at radius 1 is 1.52 bits per heavy atom. The zero-order valence-corrected chi connectivity index (χ0v) is 14.4. The lowest BCUT2D eigenvalue weighted by Crippen LogP contribution is -2.48. The van der Waals surface area contributed by atoms with Gasteiger partial charge in [-0.3, -0.25) is 9.59 Å². The van der Waals surface area contributed by atoms with Crippen LogP contribution in [0.5, 0.6) is 0 Å². The van der Waals surface area contributed by atoms with Crippen LogP contribution in [0.15, 0.2) is 17.5 Å². The molecule has 2 amide bonds. The van der Waals surface area contributed by atoms with Gasteiger partial charge in [0.25, 0.3) is 0 Å². The Morgan fingerprint density at radius 2 is 2.29 bits per heavy atom. The fraction of sp³-hybridized carbons (Fsp3) is 0.600. The largest absolute Gasteiger partial charge is 0.339 e. The highest BCUT2D eigenvalue weighted by Gasteiger charge is 2.37. The van der Waals surface area contributed by atoms with Crippen molar-refractivity contribution in [2.75, 3.05) is 18.7 Å². The van der Waals surface area contributed by atoms with Crippen molar-refractivity contribution in [1.82, 2.24) is 9.80 Å². The van der Waals surface area contributed by atoms with Crippen LogP contribution in [0.4, 0.5) is 0 Å². The van der Waals surface area contributed by atoms with Crippen LogP contribution in [0.2, 0.25) is 0 Å². The van der Waals surface area contributed by atoms with Crippen LogP contribution in [0.1, 0.15) is 25.1 Å². The van der Waals surface area contributed by atoms with Gasteiger partial charge in [-0.25, -0.2) is 0 Å². The smallest absolute Gasteiger partial charge is 0.246 e. The molecule has 116 valence electrons. The first-order valence-electron chi connectivity index (χ1n) is 7.20. The summed E-state index contributed by atoms with van der Waals surface area (Å²) in [5, 5.41) is 2.01. The summed E-state index contributed by atoms with van der Waals surface area (Å²) in [7, 11) is 1.82. The highest BCUT2D eigenvalue weighted by atomic mass is 32.2. The first kappa shape index (κ1) is 16.4. The molecule has 4 nitrogen and oxygen atoms in total. The molecule has 1 aromatic rings. The molecule has 2 heterocycles. The third-order valence-electron chi connectivity index (χ3n) is 3.83. The summed E-state index contributed by atoms with van der Waals surface area (Å²) in [5.74, 6) is 1.47. The van der Waals surface area contributed by atoms with Crippen molar-refractivity contribution in [2.24, 2.45) is 5.92 Å². The number of thiophene rings is 1. The van der Waals surface area contributed by atoms with Gasteiger partial charge in [-0.1, -0.05) is 19.9 Å². The normalized spacial score (nSPS) is 19.6. The summed E-state index contributed by atoms with van der Waals surface area (Å²) in [5.41, 5.74) is 0. The number of hydrogen-bond acceptors (Lipinski definition) is 4. The van der Waals surface area contributed by atoms with Gasteiger partial charge in [-0.2, -0.15) is 0 Å². The summed E-state index contributed by atoms with van der Waals surface area (Å²) >= 11 is 3.31. The number of rotatable bonds is 5. The lowest BCUT2D eigenvalue weighted by molar-refractivity contribution is -0.144. The van der Waals surface area contributed by atoms with Gasteiger partial charge in [0.2, 0.25) is 11.8 Å². The first-order chi connectivity index (χ1) is 10.0. The van der Waals surface area contributed by atoms with Gasteiger partial charge in [-0.15, -0.1) is 23.1 Å². The van der Waals surface area contributed by atoms with E-state index in [0.29, 0.717) is 18.2 Å². The van der Waals surface area contributed by atoms with Gasteiger partial charge in [-0.05, 0) is 17.9 Å². The van der Waals surface area contributed by atoms with Crippen LogP contribution in [0, 0.1) is 5.92 Å². The number of carbonyl (C=O) groups excluding carboxylic acids is 2. The van der Waals surface area contributed by atoms with E-state index in [-0.39, 0.29) is 23.8 Å². The van der Waals surface area contributed by atoms with Gasteiger partial charge in [0.05, 0.1) is 12.4 Å². The molecule has 0 unspecified atom stereocenters. The van der Waals surface area contributed by atoms with Crippen LogP contribution >= 0.6 is 23.1 Å². The topological polar surface area (TPSA) is 40.6 Å². The standard InChI is InChI=1S/C15H22N2O2S2/c1-4-11(2)14(18)17-10-20-9-13(17)15(19)16(3)8-12-6-5-7-21-12/h5-7,11,13H,4,8-10H2,1-3H3/t11-,13+/m1/s1. The molecule has 1 aliphatic rings. The van der Waals surface area contributed by atoms with Gasteiger partial charge < -0.3 is 9.80 Å². The maximum Gasteiger partial charge on any atom is 0.246 e. The zero-order chi connectivity index (χ0) is 15.4. The molecule has 0 spiro atoms. The summed E-state index contributed by atoms with van der Waals surface area (Å²) in [6.45, 7) is 4.55. The molecule has 0 aliphatic carbocycles. The van der Waals surface area contributed by atoms with Crippen LogP contribution in [-0.2, 0) is 16.1 Å². The number of likely N-dealkylation sites (N-methyl/N-ethyl adjacent to an activating group) is 1. The molecule has 1 aliphatic heterocycles. The Balaban J connectivity index is 2.01. The predicted molar refractivity (Wildman–Crippen MR) is 88.2 cm³/mol. The Bertz CT molecular complexity index is 490. The van der Waals surface area contributed by atoms with Crippen molar-refractivity contribution in [3.05, 3.63) is 22.4 Å². The number of thioether (sulfide) groups is 1. The van der Waals surface area contributed by atoms with Gasteiger partial charge >= 0.3 is 0 Å². The Labute approximate surface area is 134 Å². The number of carbonyl (C=O) groups is 2. The molecule has 21 heavy (non-hydrogen) atoms. The molecule has 0 radical (unpaired) electrons. The number of nitrogens with zero attached hydrogens (tertiary/aromatic N) is 2. The van der Waals surface area contributed by atoms with Crippen molar-refractivity contribution in [2.45, 2.75) is 32.9 Å². The molecule has 2 rings (SSSR count). The molecule has 0 N–H and O–H groups in total. The third kappa shape index (κ3) is 3.80. The van der Waals surface area contributed by atoms with Crippen molar-refractivity contribution in [1.29, 1.82) is 0 Å². The van der Waals surface area contributed by atoms with Crippen LogP contribution in [0.3, 0.4) is 0 Å². The lowest BCUT2D eigenvalue weighted by Gasteiger charge is -2.28. The highest BCUT2D eigenvalue weighted by Crippen LogP contribution is 2.25. The average Bonchev–Trinajstić information content (AvgIpc) is 3.15. The quantitative estimate of drug-likeness (QED) is 0.835. The summed E-state index contributed by atoms with van der Waals surface area (Å²) in [6.07, 6.45) is 0.811. The minimum absolute atomic E-state index is 0.0124. The van der Waals surface area contributed by atoms with E-state index >= 15 is 0 Å².